The number of rotatable bonds is 5. The number of halogens is 2. The first kappa shape index (κ1) is 13.4. The lowest BCUT2D eigenvalue weighted by Gasteiger charge is -2.28. The van der Waals surface area contributed by atoms with E-state index in [4.69, 9.17) is 5.73 Å². The quantitative estimate of drug-likeness (QED) is 0.875. The molecule has 0 atom stereocenters. The fourth-order valence-corrected chi connectivity index (χ4v) is 2.71. The SMILES string of the molecule is NCCN(Cc1c(F)cccc1F)C1CCCC1. The van der Waals surface area contributed by atoms with E-state index in [2.05, 4.69) is 4.90 Å². The average molecular weight is 254 g/mol. The number of nitrogens with zero attached hydrogens (tertiary/aromatic N) is 1. The molecule has 0 aliphatic heterocycles. The molecule has 100 valence electrons. The lowest BCUT2D eigenvalue weighted by Crippen LogP contribution is -2.37. The highest BCUT2D eigenvalue weighted by molar-refractivity contribution is 5.19. The van der Waals surface area contributed by atoms with Crippen LogP contribution in [0.5, 0.6) is 0 Å². The summed E-state index contributed by atoms with van der Waals surface area (Å²) in [6, 6.07) is 4.45. The number of hydrogen-bond acceptors (Lipinski definition) is 2. The van der Waals surface area contributed by atoms with Crippen molar-refractivity contribution in [1.82, 2.24) is 4.90 Å². The summed E-state index contributed by atoms with van der Waals surface area (Å²) in [7, 11) is 0. The van der Waals surface area contributed by atoms with Gasteiger partial charge in [-0.25, -0.2) is 8.78 Å². The van der Waals surface area contributed by atoms with Crippen LogP contribution in [-0.2, 0) is 6.54 Å². The summed E-state index contributed by atoms with van der Waals surface area (Å²) in [5.74, 6) is -0.926. The van der Waals surface area contributed by atoms with Gasteiger partial charge in [0, 0.05) is 31.2 Å². The highest BCUT2D eigenvalue weighted by atomic mass is 19.1. The monoisotopic (exact) mass is 254 g/mol. The molecule has 18 heavy (non-hydrogen) atoms. The first-order valence-electron chi connectivity index (χ1n) is 6.59. The Balaban J connectivity index is 2.12. The van der Waals surface area contributed by atoms with Gasteiger partial charge in [0.25, 0.3) is 0 Å². The van der Waals surface area contributed by atoms with E-state index in [9.17, 15) is 8.78 Å². The minimum absolute atomic E-state index is 0.165. The zero-order chi connectivity index (χ0) is 13.0. The average Bonchev–Trinajstić information content (AvgIpc) is 2.86. The lowest BCUT2D eigenvalue weighted by molar-refractivity contribution is 0.190. The van der Waals surface area contributed by atoms with Gasteiger partial charge in [-0.1, -0.05) is 18.9 Å². The summed E-state index contributed by atoms with van der Waals surface area (Å²) >= 11 is 0. The van der Waals surface area contributed by atoms with E-state index in [1.165, 1.54) is 31.0 Å². The van der Waals surface area contributed by atoms with Gasteiger partial charge in [-0.15, -0.1) is 0 Å². The van der Waals surface area contributed by atoms with E-state index in [0.717, 1.165) is 12.8 Å². The number of nitrogens with two attached hydrogens (primary N) is 1. The normalized spacial score (nSPS) is 16.7. The van der Waals surface area contributed by atoms with Crippen LogP contribution >= 0.6 is 0 Å². The van der Waals surface area contributed by atoms with Gasteiger partial charge in [0.05, 0.1) is 0 Å². The Bertz CT molecular complexity index is 369. The van der Waals surface area contributed by atoms with Crippen LogP contribution in [0.2, 0.25) is 0 Å². The minimum atomic E-state index is -0.463. The zero-order valence-corrected chi connectivity index (χ0v) is 10.5. The van der Waals surface area contributed by atoms with E-state index in [1.807, 2.05) is 0 Å². The van der Waals surface area contributed by atoms with Gasteiger partial charge in [-0.05, 0) is 25.0 Å². The van der Waals surface area contributed by atoms with Crippen LogP contribution in [0.15, 0.2) is 18.2 Å². The Labute approximate surface area is 107 Å². The second-order valence-electron chi connectivity index (χ2n) is 4.90. The largest absolute Gasteiger partial charge is 0.329 e. The third kappa shape index (κ3) is 3.06. The fraction of sp³-hybridized carbons (Fsp3) is 0.571. The Morgan fingerprint density at radius 1 is 1.17 bits per heavy atom. The predicted molar refractivity (Wildman–Crippen MR) is 68.1 cm³/mol. The van der Waals surface area contributed by atoms with E-state index >= 15 is 0 Å². The minimum Gasteiger partial charge on any atom is -0.329 e. The van der Waals surface area contributed by atoms with Gasteiger partial charge < -0.3 is 5.73 Å². The molecule has 2 N–H and O–H groups in total. The highest BCUT2D eigenvalue weighted by Gasteiger charge is 2.23. The maximum Gasteiger partial charge on any atom is 0.130 e. The Kier molecular flexibility index (Phi) is 4.66. The van der Waals surface area contributed by atoms with Gasteiger partial charge in [0.1, 0.15) is 11.6 Å². The molecule has 1 fully saturated rings. The molecule has 1 aliphatic carbocycles. The summed E-state index contributed by atoms with van der Waals surface area (Å²) in [5, 5.41) is 0. The molecule has 0 aromatic heterocycles. The predicted octanol–water partition coefficient (Wildman–Crippen LogP) is 2.67. The van der Waals surface area contributed by atoms with Gasteiger partial charge in [0.2, 0.25) is 0 Å². The molecule has 1 aromatic carbocycles. The lowest BCUT2D eigenvalue weighted by atomic mass is 10.1. The van der Waals surface area contributed by atoms with Crippen molar-refractivity contribution < 1.29 is 8.78 Å². The zero-order valence-electron chi connectivity index (χ0n) is 10.5. The van der Waals surface area contributed by atoms with Crippen molar-refractivity contribution in [2.75, 3.05) is 13.1 Å². The first-order chi connectivity index (χ1) is 8.72. The van der Waals surface area contributed by atoms with Crippen LogP contribution in [0, 0.1) is 11.6 Å². The van der Waals surface area contributed by atoms with E-state index in [0.29, 0.717) is 25.7 Å². The van der Waals surface area contributed by atoms with Crippen LogP contribution in [0.1, 0.15) is 31.2 Å². The van der Waals surface area contributed by atoms with Crippen molar-refractivity contribution in [3.63, 3.8) is 0 Å². The number of benzene rings is 1. The van der Waals surface area contributed by atoms with Gasteiger partial charge in [0.15, 0.2) is 0 Å². The van der Waals surface area contributed by atoms with Gasteiger partial charge >= 0.3 is 0 Å². The van der Waals surface area contributed by atoms with Crippen molar-refractivity contribution >= 4 is 0 Å². The molecule has 0 amide bonds. The molecule has 1 saturated carbocycles. The van der Waals surface area contributed by atoms with E-state index in [-0.39, 0.29) is 5.56 Å². The second kappa shape index (κ2) is 6.25. The Morgan fingerprint density at radius 2 is 1.78 bits per heavy atom. The summed E-state index contributed by atoms with van der Waals surface area (Å²) < 4.78 is 27.3. The van der Waals surface area contributed by atoms with E-state index in [1.54, 1.807) is 0 Å². The van der Waals surface area contributed by atoms with Crippen LogP contribution < -0.4 is 5.73 Å². The summed E-state index contributed by atoms with van der Waals surface area (Å²) in [6.07, 6.45) is 4.61. The third-order valence-electron chi connectivity index (χ3n) is 3.68. The van der Waals surface area contributed by atoms with Gasteiger partial charge in [-0.3, -0.25) is 4.90 Å². The molecule has 1 aromatic rings. The molecule has 0 radical (unpaired) electrons. The molecule has 0 heterocycles. The topological polar surface area (TPSA) is 29.3 Å². The summed E-state index contributed by atoms with van der Waals surface area (Å²) in [6.45, 7) is 1.53. The van der Waals surface area contributed by atoms with Crippen LogP contribution in [-0.4, -0.2) is 24.0 Å². The first-order valence-corrected chi connectivity index (χ1v) is 6.59. The van der Waals surface area contributed by atoms with Crippen LogP contribution in [0.25, 0.3) is 0 Å². The molecular formula is C14H20F2N2. The molecule has 4 heteroatoms. The van der Waals surface area contributed by atoms with Crippen LogP contribution in [0.4, 0.5) is 8.78 Å². The maximum atomic E-state index is 13.6. The van der Waals surface area contributed by atoms with E-state index < -0.39 is 11.6 Å². The molecule has 0 unspecified atom stereocenters. The standard InChI is InChI=1S/C14H20F2N2/c15-13-6-3-7-14(16)12(13)10-18(9-8-17)11-4-1-2-5-11/h3,6-7,11H,1-2,4-5,8-10,17H2. The molecule has 0 bridgehead atoms. The number of hydrogen-bond donors (Lipinski definition) is 1. The summed E-state index contributed by atoms with van der Waals surface area (Å²) in [5.41, 5.74) is 5.76. The van der Waals surface area contributed by atoms with Crippen LogP contribution in [0.3, 0.4) is 0 Å². The molecular weight excluding hydrogens is 234 g/mol. The Morgan fingerprint density at radius 3 is 2.33 bits per heavy atom. The van der Waals surface area contributed by atoms with Crippen molar-refractivity contribution in [3.05, 3.63) is 35.4 Å². The smallest absolute Gasteiger partial charge is 0.130 e. The fourth-order valence-electron chi connectivity index (χ4n) is 2.71. The molecule has 1 aliphatic rings. The molecule has 2 nitrogen and oxygen atoms in total. The molecule has 0 spiro atoms. The maximum absolute atomic E-state index is 13.6. The highest BCUT2D eigenvalue weighted by Crippen LogP contribution is 2.25. The van der Waals surface area contributed by atoms with Crippen molar-refractivity contribution in [2.24, 2.45) is 5.73 Å². The van der Waals surface area contributed by atoms with Gasteiger partial charge in [-0.2, -0.15) is 0 Å². The Hall–Kier alpha value is -1.00. The third-order valence-corrected chi connectivity index (χ3v) is 3.68. The van der Waals surface area contributed by atoms with Crippen molar-refractivity contribution in [1.29, 1.82) is 0 Å². The molecule has 0 saturated heterocycles. The van der Waals surface area contributed by atoms with Crippen molar-refractivity contribution in [3.8, 4) is 0 Å². The second-order valence-corrected chi connectivity index (χ2v) is 4.90. The van der Waals surface area contributed by atoms with Crippen molar-refractivity contribution in [2.45, 2.75) is 38.3 Å². The summed E-state index contributed by atoms with van der Waals surface area (Å²) in [4.78, 5) is 2.12. The molecule has 2 rings (SSSR count).